The van der Waals surface area contributed by atoms with Gasteiger partial charge < -0.3 is 9.30 Å². The third kappa shape index (κ3) is 4.11. The summed E-state index contributed by atoms with van der Waals surface area (Å²) in [5.41, 5.74) is 3.98. The monoisotopic (exact) mass is 414 g/mol. The van der Waals surface area contributed by atoms with Crippen LogP contribution in [0.5, 0.6) is 11.5 Å². The van der Waals surface area contributed by atoms with Crippen LogP contribution in [0.25, 0.3) is 10.2 Å². The van der Waals surface area contributed by atoms with E-state index in [1.807, 2.05) is 47.0 Å². The number of amides is 1. The number of allylic oxidation sites excluding steroid dienone is 1. The van der Waals surface area contributed by atoms with E-state index in [1.165, 1.54) is 22.5 Å². The number of ether oxygens (including phenoxy) is 1. The highest BCUT2D eigenvalue weighted by Crippen LogP contribution is 2.24. The van der Waals surface area contributed by atoms with Crippen LogP contribution in [0.1, 0.15) is 21.5 Å². The largest absolute Gasteiger partial charge is 0.457 e. The Morgan fingerprint density at radius 3 is 2.53 bits per heavy atom. The van der Waals surface area contributed by atoms with Gasteiger partial charge in [-0.15, -0.1) is 6.58 Å². The van der Waals surface area contributed by atoms with Crippen molar-refractivity contribution in [2.24, 2.45) is 4.99 Å². The molecule has 4 nitrogen and oxygen atoms in total. The Morgan fingerprint density at radius 2 is 1.77 bits per heavy atom. The number of rotatable bonds is 5. The molecule has 30 heavy (non-hydrogen) atoms. The van der Waals surface area contributed by atoms with E-state index >= 15 is 0 Å². The minimum absolute atomic E-state index is 0.300. The zero-order valence-electron chi connectivity index (χ0n) is 17.0. The number of thiazole rings is 1. The molecule has 0 spiro atoms. The molecule has 1 heterocycles. The van der Waals surface area contributed by atoms with Gasteiger partial charge in [0.25, 0.3) is 5.91 Å². The number of para-hydroxylation sites is 1. The Bertz CT molecular complexity index is 1300. The maximum Gasteiger partial charge on any atom is 0.279 e. The number of fused-ring (bicyclic) bond motifs is 1. The van der Waals surface area contributed by atoms with Gasteiger partial charge in [0, 0.05) is 12.1 Å². The Morgan fingerprint density at radius 1 is 1.03 bits per heavy atom. The summed E-state index contributed by atoms with van der Waals surface area (Å²) in [5, 5.41) is 0. The van der Waals surface area contributed by atoms with Crippen molar-refractivity contribution < 1.29 is 9.53 Å². The van der Waals surface area contributed by atoms with Crippen molar-refractivity contribution in [2.45, 2.75) is 20.4 Å². The highest BCUT2D eigenvalue weighted by Gasteiger charge is 2.11. The van der Waals surface area contributed by atoms with Crippen LogP contribution >= 0.6 is 11.3 Å². The van der Waals surface area contributed by atoms with E-state index in [9.17, 15) is 4.79 Å². The highest BCUT2D eigenvalue weighted by atomic mass is 32.1. The number of carbonyl (C=O) groups is 1. The fraction of sp³-hybridized carbons (Fsp3) is 0.120. The van der Waals surface area contributed by atoms with Crippen molar-refractivity contribution in [1.29, 1.82) is 0 Å². The molecule has 4 aromatic rings. The van der Waals surface area contributed by atoms with E-state index in [0.717, 1.165) is 16.0 Å². The molecular weight excluding hydrogens is 392 g/mol. The minimum atomic E-state index is -0.300. The van der Waals surface area contributed by atoms with Crippen molar-refractivity contribution in [3.8, 4) is 11.5 Å². The molecule has 0 aliphatic carbocycles. The van der Waals surface area contributed by atoms with Crippen molar-refractivity contribution in [3.05, 3.63) is 101 Å². The zero-order chi connectivity index (χ0) is 21.1. The second kappa shape index (κ2) is 8.51. The molecule has 3 aromatic carbocycles. The first-order chi connectivity index (χ1) is 14.5. The first-order valence-electron chi connectivity index (χ1n) is 9.68. The van der Waals surface area contributed by atoms with Gasteiger partial charge in [0.15, 0.2) is 4.80 Å². The topological polar surface area (TPSA) is 43.6 Å². The van der Waals surface area contributed by atoms with Gasteiger partial charge in [-0.25, -0.2) is 0 Å². The SMILES string of the molecule is C=CCn1c(=NC(=O)c2cccc(Oc3ccccc3)c2)sc2cc(C)c(C)cc21. The van der Waals surface area contributed by atoms with Gasteiger partial charge in [-0.05, 0) is 67.4 Å². The Balaban J connectivity index is 1.72. The average Bonchev–Trinajstić information content (AvgIpc) is 3.05. The molecule has 4 rings (SSSR count). The molecule has 0 aliphatic rings. The molecule has 0 atom stereocenters. The standard InChI is InChI=1S/C25H22N2O2S/c1-4-13-27-22-14-17(2)18(3)15-23(22)30-25(27)26-24(28)19-9-8-12-21(16-19)29-20-10-6-5-7-11-20/h4-12,14-16H,1,13H2,2-3H3. The third-order valence-corrected chi connectivity index (χ3v) is 5.91. The van der Waals surface area contributed by atoms with E-state index in [-0.39, 0.29) is 5.91 Å². The summed E-state index contributed by atoms with van der Waals surface area (Å²) in [6.45, 7) is 8.62. The van der Waals surface area contributed by atoms with Crippen LogP contribution in [0, 0.1) is 13.8 Å². The molecule has 1 aromatic heterocycles. The summed E-state index contributed by atoms with van der Waals surface area (Å²) in [6, 6.07) is 20.9. The lowest BCUT2D eigenvalue weighted by atomic mass is 10.1. The Hall–Kier alpha value is -3.44. The normalized spacial score (nSPS) is 11.6. The van der Waals surface area contributed by atoms with Crippen LogP contribution in [0.2, 0.25) is 0 Å². The second-order valence-corrected chi connectivity index (χ2v) is 8.06. The predicted molar refractivity (Wildman–Crippen MR) is 122 cm³/mol. The quantitative estimate of drug-likeness (QED) is 0.374. The summed E-state index contributed by atoms with van der Waals surface area (Å²) >= 11 is 1.51. The van der Waals surface area contributed by atoms with E-state index in [1.54, 1.807) is 18.2 Å². The first kappa shape index (κ1) is 19.9. The molecule has 0 saturated carbocycles. The molecule has 5 heteroatoms. The molecule has 0 unspecified atom stereocenters. The van der Waals surface area contributed by atoms with Crippen LogP contribution in [0.15, 0.2) is 84.4 Å². The van der Waals surface area contributed by atoms with Crippen LogP contribution < -0.4 is 9.54 Å². The molecule has 0 N–H and O–H groups in total. The molecule has 0 aliphatic heterocycles. The lowest BCUT2D eigenvalue weighted by Gasteiger charge is -2.06. The van der Waals surface area contributed by atoms with Gasteiger partial charge in [0.2, 0.25) is 0 Å². The van der Waals surface area contributed by atoms with Crippen molar-refractivity contribution in [3.63, 3.8) is 0 Å². The summed E-state index contributed by atoms with van der Waals surface area (Å²) in [4.78, 5) is 18.0. The molecule has 0 radical (unpaired) electrons. The van der Waals surface area contributed by atoms with E-state index in [0.29, 0.717) is 22.7 Å². The van der Waals surface area contributed by atoms with Crippen molar-refractivity contribution >= 4 is 27.5 Å². The number of hydrogen-bond acceptors (Lipinski definition) is 3. The fourth-order valence-electron chi connectivity index (χ4n) is 3.18. The van der Waals surface area contributed by atoms with Gasteiger partial charge in [0.1, 0.15) is 11.5 Å². The lowest BCUT2D eigenvalue weighted by molar-refractivity contribution is 0.0997. The maximum atomic E-state index is 12.9. The first-order valence-corrected chi connectivity index (χ1v) is 10.5. The van der Waals surface area contributed by atoms with E-state index in [4.69, 9.17) is 4.74 Å². The van der Waals surface area contributed by atoms with Crippen LogP contribution in [0.3, 0.4) is 0 Å². The van der Waals surface area contributed by atoms with Gasteiger partial charge in [-0.3, -0.25) is 4.79 Å². The predicted octanol–water partition coefficient (Wildman–Crippen LogP) is 6.04. The number of aryl methyl sites for hydroxylation is 2. The van der Waals surface area contributed by atoms with Crippen molar-refractivity contribution in [2.75, 3.05) is 0 Å². The molecule has 0 bridgehead atoms. The van der Waals surface area contributed by atoms with Crippen molar-refractivity contribution in [1.82, 2.24) is 4.57 Å². The Labute approximate surface area is 179 Å². The van der Waals surface area contributed by atoms with Crippen LogP contribution in [-0.2, 0) is 6.54 Å². The number of nitrogens with zero attached hydrogens (tertiary/aromatic N) is 2. The lowest BCUT2D eigenvalue weighted by Crippen LogP contribution is -2.16. The molecular formula is C25H22N2O2S. The van der Waals surface area contributed by atoms with Gasteiger partial charge in [-0.1, -0.05) is 41.7 Å². The molecule has 0 fully saturated rings. The van der Waals surface area contributed by atoms with Gasteiger partial charge >= 0.3 is 0 Å². The Kier molecular flexibility index (Phi) is 5.63. The number of carbonyl (C=O) groups excluding carboxylic acids is 1. The van der Waals surface area contributed by atoms with E-state index in [2.05, 4.69) is 37.6 Å². The van der Waals surface area contributed by atoms with E-state index < -0.39 is 0 Å². The average molecular weight is 415 g/mol. The summed E-state index contributed by atoms with van der Waals surface area (Å²) < 4.78 is 8.98. The minimum Gasteiger partial charge on any atom is -0.457 e. The van der Waals surface area contributed by atoms with Gasteiger partial charge in [0.05, 0.1) is 10.2 Å². The summed E-state index contributed by atoms with van der Waals surface area (Å²) in [6.07, 6.45) is 1.82. The maximum absolute atomic E-state index is 12.9. The van der Waals surface area contributed by atoms with Crippen LogP contribution in [-0.4, -0.2) is 10.5 Å². The number of benzene rings is 3. The number of aromatic nitrogens is 1. The number of hydrogen-bond donors (Lipinski definition) is 0. The summed E-state index contributed by atoms with van der Waals surface area (Å²) in [7, 11) is 0. The zero-order valence-corrected chi connectivity index (χ0v) is 17.8. The smallest absolute Gasteiger partial charge is 0.279 e. The van der Waals surface area contributed by atoms with Crippen LogP contribution in [0.4, 0.5) is 0 Å². The molecule has 150 valence electrons. The third-order valence-electron chi connectivity index (χ3n) is 4.87. The molecule has 0 saturated heterocycles. The highest BCUT2D eigenvalue weighted by molar-refractivity contribution is 7.16. The van der Waals surface area contributed by atoms with Gasteiger partial charge in [-0.2, -0.15) is 4.99 Å². The summed E-state index contributed by atoms with van der Waals surface area (Å²) in [5.74, 6) is 1.02. The molecule has 1 amide bonds. The fourth-order valence-corrected chi connectivity index (χ4v) is 4.30. The second-order valence-electron chi connectivity index (χ2n) is 7.05.